The SMILES string of the molecule is Cc1nc(N)sc1C(=O)NCc1nnc2ccccn12. The molecule has 0 aliphatic rings. The number of hydrogen-bond acceptors (Lipinski definition) is 6. The predicted molar refractivity (Wildman–Crippen MR) is 75.4 cm³/mol. The normalized spacial score (nSPS) is 10.8. The minimum atomic E-state index is -0.204. The Morgan fingerprint density at radius 2 is 2.30 bits per heavy atom. The van der Waals surface area contributed by atoms with E-state index in [1.165, 1.54) is 11.3 Å². The molecule has 0 fully saturated rings. The van der Waals surface area contributed by atoms with Crippen molar-refractivity contribution in [1.29, 1.82) is 0 Å². The van der Waals surface area contributed by atoms with Gasteiger partial charge in [0.05, 0.1) is 12.2 Å². The van der Waals surface area contributed by atoms with E-state index in [0.29, 0.717) is 28.1 Å². The highest BCUT2D eigenvalue weighted by molar-refractivity contribution is 7.17. The van der Waals surface area contributed by atoms with Crippen LogP contribution in [-0.2, 0) is 6.54 Å². The number of carbonyl (C=O) groups excluding carboxylic acids is 1. The second kappa shape index (κ2) is 4.89. The number of nitrogens with zero attached hydrogens (tertiary/aromatic N) is 4. The average Bonchev–Trinajstić information content (AvgIpc) is 2.99. The Morgan fingerprint density at radius 3 is 3.05 bits per heavy atom. The van der Waals surface area contributed by atoms with Gasteiger partial charge in [-0.15, -0.1) is 10.2 Å². The van der Waals surface area contributed by atoms with Crippen LogP contribution in [0.25, 0.3) is 5.65 Å². The summed E-state index contributed by atoms with van der Waals surface area (Å²) in [6, 6.07) is 5.62. The monoisotopic (exact) mass is 288 g/mol. The van der Waals surface area contributed by atoms with E-state index in [9.17, 15) is 4.79 Å². The number of carbonyl (C=O) groups is 1. The third kappa shape index (κ3) is 2.21. The highest BCUT2D eigenvalue weighted by atomic mass is 32.1. The van der Waals surface area contributed by atoms with Crippen LogP contribution in [0.15, 0.2) is 24.4 Å². The second-order valence-electron chi connectivity index (χ2n) is 4.19. The van der Waals surface area contributed by atoms with Gasteiger partial charge in [0.1, 0.15) is 4.88 Å². The number of nitrogens with two attached hydrogens (primary N) is 1. The lowest BCUT2D eigenvalue weighted by molar-refractivity contribution is 0.0953. The molecular weight excluding hydrogens is 276 g/mol. The van der Waals surface area contributed by atoms with Crippen LogP contribution in [0.1, 0.15) is 21.2 Å². The van der Waals surface area contributed by atoms with Crippen LogP contribution in [0, 0.1) is 6.92 Å². The molecule has 7 nitrogen and oxygen atoms in total. The number of hydrogen-bond donors (Lipinski definition) is 2. The molecule has 0 bridgehead atoms. The van der Waals surface area contributed by atoms with E-state index in [-0.39, 0.29) is 5.91 Å². The summed E-state index contributed by atoms with van der Waals surface area (Å²) in [6.45, 7) is 2.05. The van der Waals surface area contributed by atoms with Crippen molar-refractivity contribution in [3.05, 3.63) is 40.8 Å². The molecule has 3 rings (SSSR count). The first-order valence-electron chi connectivity index (χ1n) is 5.95. The van der Waals surface area contributed by atoms with Crippen LogP contribution < -0.4 is 11.1 Å². The Bertz CT molecular complexity index is 777. The third-order valence-electron chi connectivity index (χ3n) is 2.81. The summed E-state index contributed by atoms with van der Waals surface area (Å²) < 4.78 is 1.83. The van der Waals surface area contributed by atoms with Crippen LogP contribution in [0.3, 0.4) is 0 Å². The molecule has 0 saturated carbocycles. The van der Waals surface area contributed by atoms with Gasteiger partial charge in [-0.25, -0.2) is 4.98 Å². The molecule has 0 unspecified atom stereocenters. The largest absolute Gasteiger partial charge is 0.375 e. The van der Waals surface area contributed by atoms with Gasteiger partial charge in [-0.3, -0.25) is 9.20 Å². The molecular formula is C12H12N6OS. The molecule has 0 aliphatic carbocycles. The van der Waals surface area contributed by atoms with Crippen molar-refractivity contribution in [1.82, 2.24) is 24.9 Å². The fraction of sp³-hybridized carbons (Fsp3) is 0.167. The number of nitrogen functional groups attached to an aromatic ring is 1. The maximum atomic E-state index is 12.1. The molecule has 0 atom stereocenters. The molecule has 0 radical (unpaired) electrons. The number of fused-ring (bicyclic) bond motifs is 1. The van der Waals surface area contributed by atoms with Crippen molar-refractivity contribution in [3.63, 3.8) is 0 Å². The van der Waals surface area contributed by atoms with E-state index in [1.54, 1.807) is 6.92 Å². The number of amides is 1. The quantitative estimate of drug-likeness (QED) is 0.749. The van der Waals surface area contributed by atoms with Gasteiger partial charge >= 0.3 is 0 Å². The molecule has 0 spiro atoms. The Balaban J connectivity index is 1.76. The molecule has 102 valence electrons. The summed E-state index contributed by atoms with van der Waals surface area (Å²) in [5.41, 5.74) is 6.96. The summed E-state index contributed by atoms with van der Waals surface area (Å²) >= 11 is 1.18. The summed E-state index contributed by atoms with van der Waals surface area (Å²) in [6.07, 6.45) is 1.85. The predicted octanol–water partition coefficient (Wildman–Crippen LogP) is 1.01. The zero-order valence-electron chi connectivity index (χ0n) is 10.7. The average molecular weight is 288 g/mol. The van der Waals surface area contributed by atoms with E-state index in [4.69, 9.17) is 5.73 Å². The van der Waals surface area contributed by atoms with Gasteiger partial charge in [0.25, 0.3) is 5.91 Å². The maximum Gasteiger partial charge on any atom is 0.263 e. The molecule has 0 aliphatic heterocycles. The topological polar surface area (TPSA) is 98.2 Å². The Kier molecular flexibility index (Phi) is 3.07. The van der Waals surface area contributed by atoms with Gasteiger partial charge < -0.3 is 11.1 Å². The zero-order valence-corrected chi connectivity index (χ0v) is 11.5. The van der Waals surface area contributed by atoms with Crippen LogP contribution >= 0.6 is 11.3 Å². The van der Waals surface area contributed by atoms with Crippen molar-refractivity contribution >= 4 is 28.0 Å². The number of rotatable bonds is 3. The zero-order chi connectivity index (χ0) is 14.1. The third-order valence-corrected chi connectivity index (χ3v) is 3.80. The van der Waals surface area contributed by atoms with Crippen LogP contribution in [0.5, 0.6) is 0 Å². The van der Waals surface area contributed by atoms with Crippen LogP contribution in [0.4, 0.5) is 5.13 Å². The summed E-state index contributed by atoms with van der Waals surface area (Å²) in [7, 11) is 0. The van der Waals surface area contributed by atoms with Crippen molar-refractivity contribution in [2.75, 3.05) is 5.73 Å². The first-order valence-corrected chi connectivity index (χ1v) is 6.76. The summed E-state index contributed by atoms with van der Waals surface area (Å²) in [5, 5.41) is 11.3. The Labute approximate surface area is 118 Å². The summed E-state index contributed by atoms with van der Waals surface area (Å²) in [5.74, 6) is 0.466. The van der Waals surface area contributed by atoms with Crippen molar-refractivity contribution in [2.45, 2.75) is 13.5 Å². The fourth-order valence-electron chi connectivity index (χ4n) is 1.88. The van der Waals surface area contributed by atoms with E-state index in [2.05, 4.69) is 20.5 Å². The number of thiazole rings is 1. The molecule has 1 amide bonds. The first-order chi connectivity index (χ1) is 9.65. The van der Waals surface area contributed by atoms with E-state index in [0.717, 1.165) is 5.65 Å². The van der Waals surface area contributed by atoms with Gasteiger partial charge in [0, 0.05) is 6.20 Å². The van der Waals surface area contributed by atoms with Gasteiger partial charge in [0.15, 0.2) is 16.6 Å². The number of aromatic nitrogens is 4. The molecule has 8 heteroatoms. The van der Waals surface area contributed by atoms with E-state index < -0.39 is 0 Å². The molecule has 20 heavy (non-hydrogen) atoms. The highest BCUT2D eigenvalue weighted by Gasteiger charge is 2.14. The number of aryl methyl sites for hydroxylation is 1. The standard InChI is InChI=1S/C12H12N6OS/c1-7-10(20-12(13)15-7)11(19)14-6-9-17-16-8-4-2-3-5-18(8)9/h2-5H,6H2,1H3,(H2,13,15)(H,14,19). The fourth-order valence-corrected chi connectivity index (χ4v) is 2.63. The van der Waals surface area contributed by atoms with Gasteiger partial charge in [-0.1, -0.05) is 17.4 Å². The van der Waals surface area contributed by atoms with E-state index in [1.807, 2.05) is 28.8 Å². The van der Waals surface area contributed by atoms with Gasteiger partial charge in [-0.05, 0) is 19.1 Å². The van der Waals surface area contributed by atoms with Crippen molar-refractivity contribution < 1.29 is 4.79 Å². The molecule has 3 heterocycles. The lowest BCUT2D eigenvalue weighted by Crippen LogP contribution is -2.23. The van der Waals surface area contributed by atoms with Crippen LogP contribution in [-0.4, -0.2) is 25.5 Å². The molecule has 3 aromatic heterocycles. The van der Waals surface area contributed by atoms with Crippen molar-refractivity contribution in [3.8, 4) is 0 Å². The highest BCUT2D eigenvalue weighted by Crippen LogP contribution is 2.19. The van der Waals surface area contributed by atoms with Gasteiger partial charge in [0.2, 0.25) is 0 Å². The lowest BCUT2D eigenvalue weighted by Gasteiger charge is -2.02. The molecule has 3 aromatic rings. The lowest BCUT2D eigenvalue weighted by atomic mass is 10.3. The molecule has 3 N–H and O–H groups in total. The second-order valence-corrected chi connectivity index (χ2v) is 5.23. The van der Waals surface area contributed by atoms with E-state index >= 15 is 0 Å². The number of pyridine rings is 1. The van der Waals surface area contributed by atoms with Crippen molar-refractivity contribution in [2.24, 2.45) is 0 Å². The minimum absolute atomic E-state index is 0.204. The number of nitrogens with one attached hydrogen (secondary N) is 1. The molecule has 0 aromatic carbocycles. The molecule has 0 saturated heterocycles. The minimum Gasteiger partial charge on any atom is -0.375 e. The number of anilines is 1. The van der Waals surface area contributed by atoms with Gasteiger partial charge in [-0.2, -0.15) is 0 Å². The maximum absolute atomic E-state index is 12.1. The first kappa shape index (κ1) is 12.5. The summed E-state index contributed by atoms with van der Waals surface area (Å²) in [4.78, 5) is 16.6. The Hall–Kier alpha value is -2.48. The van der Waals surface area contributed by atoms with Crippen LogP contribution in [0.2, 0.25) is 0 Å². The Morgan fingerprint density at radius 1 is 1.45 bits per heavy atom. The smallest absolute Gasteiger partial charge is 0.263 e.